The van der Waals surface area contributed by atoms with Gasteiger partial charge in [-0.05, 0) is 48.8 Å². The Morgan fingerprint density at radius 2 is 1.83 bits per heavy atom. The molecule has 126 valence electrons. The molecule has 0 bridgehead atoms. The van der Waals surface area contributed by atoms with Gasteiger partial charge < -0.3 is 4.40 Å². The monoisotopic (exact) mass is 355 g/mol. The highest BCUT2D eigenvalue weighted by atomic mass is 32.2. The molecular formula is C16H13F4N3S. The molecule has 1 unspecified atom stereocenters. The van der Waals surface area contributed by atoms with Gasteiger partial charge in [-0.1, -0.05) is 12.1 Å². The van der Waals surface area contributed by atoms with Crippen molar-refractivity contribution in [1.29, 1.82) is 0 Å². The van der Waals surface area contributed by atoms with Crippen molar-refractivity contribution in [2.24, 2.45) is 0 Å². The summed E-state index contributed by atoms with van der Waals surface area (Å²) in [7, 11) is 1.36. The number of fused-ring (bicyclic) bond motifs is 1. The zero-order valence-electron chi connectivity index (χ0n) is 12.5. The molecule has 24 heavy (non-hydrogen) atoms. The number of alkyl halides is 3. The molecule has 0 radical (unpaired) electrons. The second-order valence-electron chi connectivity index (χ2n) is 5.19. The lowest BCUT2D eigenvalue weighted by molar-refractivity contribution is -0.169. The number of aromatic nitrogens is 2. The molecule has 0 aliphatic rings. The van der Waals surface area contributed by atoms with Crippen LogP contribution in [-0.2, 0) is 0 Å². The molecule has 0 N–H and O–H groups in total. The van der Waals surface area contributed by atoms with Crippen LogP contribution >= 0.6 is 11.9 Å². The van der Waals surface area contributed by atoms with E-state index in [-0.39, 0.29) is 5.56 Å². The van der Waals surface area contributed by atoms with Gasteiger partial charge in [-0.3, -0.25) is 0 Å². The van der Waals surface area contributed by atoms with Crippen LogP contribution in [0.5, 0.6) is 0 Å². The fourth-order valence-electron chi connectivity index (χ4n) is 2.42. The maximum absolute atomic E-state index is 13.5. The molecule has 3 nitrogen and oxygen atoms in total. The molecule has 0 saturated carbocycles. The largest absolute Gasteiger partial charge is 0.408 e. The van der Waals surface area contributed by atoms with Gasteiger partial charge in [0.05, 0.1) is 0 Å². The minimum absolute atomic E-state index is 0.0132. The van der Waals surface area contributed by atoms with Crippen LogP contribution in [-0.4, -0.2) is 26.9 Å². The molecule has 0 aliphatic heterocycles. The van der Waals surface area contributed by atoms with Gasteiger partial charge in [0, 0.05) is 23.5 Å². The molecule has 1 atom stereocenters. The third-order valence-corrected chi connectivity index (χ3v) is 4.44. The van der Waals surface area contributed by atoms with Gasteiger partial charge in [0.25, 0.3) is 0 Å². The van der Waals surface area contributed by atoms with Crippen LogP contribution in [0.3, 0.4) is 0 Å². The molecule has 0 spiro atoms. The summed E-state index contributed by atoms with van der Waals surface area (Å²) in [5.74, 6) is -0.570. The molecule has 3 rings (SSSR count). The van der Waals surface area contributed by atoms with Gasteiger partial charge in [-0.15, -0.1) is 0 Å². The maximum Gasteiger partial charge on any atom is 0.408 e. The summed E-state index contributed by atoms with van der Waals surface area (Å²) in [6.07, 6.45) is 0.616. The average Bonchev–Trinajstić information content (AvgIpc) is 2.95. The predicted molar refractivity (Wildman–Crippen MR) is 84.0 cm³/mol. The second-order valence-corrected chi connectivity index (χ2v) is 6.42. The summed E-state index contributed by atoms with van der Waals surface area (Å²) in [6.45, 7) is 0. The first kappa shape index (κ1) is 16.8. The SMILES string of the molecule is CN(Sc1ccn2ccnc2c1)C(c1ccc(F)cc1)C(F)(F)F. The zero-order chi connectivity index (χ0) is 17.3. The Bertz CT molecular complexity index is 829. The van der Waals surface area contributed by atoms with Gasteiger partial charge in [-0.2, -0.15) is 13.2 Å². The Kier molecular flexibility index (Phi) is 4.51. The number of halogens is 4. The van der Waals surface area contributed by atoms with E-state index in [1.165, 1.54) is 7.05 Å². The van der Waals surface area contributed by atoms with E-state index >= 15 is 0 Å². The van der Waals surface area contributed by atoms with Gasteiger partial charge in [0.2, 0.25) is 0 Å². The normalized spacial score (nSPS) is 13.6. The van der Waals surface area contributed by atoms with E-state index in [9.17, 15) is 17.6 Å². The topological polar surface area (TPSA) is 20.5 Å². The summed E-state index contributed by atoms with van der Waals surface area (Å²) in [4.78, 5) is 4.75. The molecular weight excluding hydrogens is 342 g/mol. The smallest absolute Gasteiger partial charge is 0.307 e. The predicted octanol–water partition coefficient (Wildman–Crippen LogP) is 4.72. The van der Waals surface area contributed by atoms with Crippen molar-refractivity contribution >= 4 is 17.6 Å². The highest BCUT2D eigenvalue weighted by Gasteiger charge is 2.44. The number of benzene rings is 1. The van der Waals surface area contributed by atoms with Crippen LogP contribution in [0.15, 0.2) is 59.9 Å². The van der Waals surface area contributed by atoms with E-state index in [2.05, 4.69) is 4.98 Å². The van der Waals surface area contributed by atoms with Crippen molar-refractivity contribution in [3.63, 3.8) is 0 Å². The third kappa shape index (κ3) is 3.54. The average molecular weight is 355 g/mol. The summed E-state index contributed by atoms with van der Waals surface area (Å²) in [5.41, 5.74) is 0.638. The van der Waals surface area contributed by atoms with Crippen LogP contribution in [0, 0.1) is 5.82 Å². The van der Waals surface area contributed by atoms with E-state index in [0.29, 0.717) is 10.5 Å². The maximum atomic E-state index is 13.5. The van der Waals surface area contributed by atoms with Crippen molar-refractivity contribution < 1.29 is 17.6 Å². The highest BCUT2D eigenvalue weighted by Crippen LogP contribution is 2.41. The third-order valence-electron chi connectivity index (χ3n) is 3.48. The molecule has 0 amide bonds. The number of imidazole rings is 1. The first-order chi connectivity index (χ1) is 11.3. The summed E-state index contributed by atoms with van der Waals surface area (Å²) in [6, 6.07) is 5.95. The van der Waals surface area contributed by atoms with Crippen molar-refractivity contribution in [3.05, 3.63) is 66.4 Å². The Labute approximate surface area is 140 Å². The lowest BCUT2D eigenvalue weighted by Crippen LogP contribution is -2.31. The van der Waals surface area contributed by atoms with Gasteiger partial charge >= 0.3 is 6.18 Å². The Morgan fingerprint density at radius 3 is 2.50 bits per heavy atom. The van der Waals surface area contributed by atoms with E-state index < -0.39 is 18.0 Å². The molecule has 0 saturated heterocycles. The minimum atomic E-state index is -4.49. The lowest BCUT2D eigenvalue weighted by Gasteiger charge is -2.29. The van der Waals surface area contributed by atoms with Crippen LogP contribution in [0.1, 0.15) is 11.6 Å². The van der Waals surface area contributed by atoms with Crippen LogP contribution in [0.4, 0.5) is 17.6 Å². The lowest BCUT2D eigenvalue weighted by atomic mass is 10.1. The first-order valence-electron chi connectivity index (χ1n) is 7.00. The Morgan fingerprint density at radius 1 is 1.12 bits per heavy atom. The molecule has 8 heteroatoms. The van der Waals surface area contributed by atoms with Gasteiger partial charge in [-0.25, -0.2) is 13.7 Å². The van der Waals surface area contributed by atoms with E-state index in [4.69, 9.17) is 0 Å². The summed E-state index contributed by atoms with van der Waals surface area (Å²) in [5, 5.41) is 0. The van der Waals surface area contributed by atoms with Crippen molar-refractivity contribution in [2.45, 2.75) is 17.1 Å². The van der Waals surface area contributed by atoms with Crippen molar-refractivity contribution in [1.82, 2.24) is 13.7 Å². The molecule has 0 aliphatic carbocycles. The fourth-order valence-corrected chi connectivity index (χ4v) is 3.38. The van der Waals surface area contributed by atoms with Crippen LogP contribution < -0.4 is 0 Å². The second kappa shape index (κ2) is 6.45. The van der Waals surface area contributed by atoms with Crippen LogP contribution in [0.2, 0.25) is 0 Å². The van der Waals surface area contributed by atoms with Gasteiger partial charge in [0.15, 0.2) is 0 Å². The summed E-state index contributed by atoms with van der Waals surface area (Å²) >= 11 is 0.962. The standard InChI is InChI=1S/C16H13F4N3S/c1-22(24-13-6-8-23-9-7-21-14(23)10-13)15(16(18,19)20)11-2-4-12(17)5-3-11/h2-10,15H,1H3. The van der Waals surface area contributed by atoms with Crippen molar-refractivity contribution in [3.8, 4) is 0 Å². The fraction of sp³-hybridized carbons (Fsp3) is 0.188. The molecule has 0 fully saturated rings. The zero-order valence-corrected chi connectivity index (χ0v) is 13.4. The quantitative estimate of drug-likeness (QED) is 0.499. The number of hydrogen-bond acceptors (Lipinski definition) is 3. The van der Waals surface area contributed by atoms with Crippen molar-refractivity contribution in [2.75, 3.05) is 7.05 Å². The van der Waals surface area contributed by atoms with Gasteiger partial charge in [0.1, 0.15) is 17.5 Å². The summed E-state index contributed by atoms with van der Waals surface area (Å²) < 4.78 is 56.4. The number of nitrogens with zero attached hydrogens (tertiary/aromatic N) is 3. The molecule has 3 aromatic rings. The van der Waals surface area contributed by atoms with E-state index in [0.717, 1.165) is 40.5 Å². The van der Waals surface area contributed by atoms with E-state index in [1.54, 1.807) is 35.1 Å². The molecule has 1 aromatic carbocycles. The number of pyridine rings is 1. The first-order valence-corrected chi connectivity index (χ1v) is 7.77. The highest BCUT2D eigenvalue weighted by molar-refractivity contribution is 7.97. The Balaban J connectivity index is 1.88. The number of hydrogen-bond donors (Lipinski definition) is 0. The van der Waals surface area contributed by atoms with E-state index in [1.807, 2.05) is 0 Å². The number of rotatable bonds is 4. The molecule has 2 aromatic heterocycles. The Hall–Kier alpha value is -2.06. The van der Waals surface area contributed by atoms with Crippen LogP contribution in [0.25, 0.3) is 5.65 Å². The minimum Gasteiger partial charge on any atom is -0.307 e. The molecule has 2 heterocycles.